The molecule has 0 bridgehead atoms. The molecule has 3 N–H and O–H groups in total. The van der Waals surface area contributed by atoms with Gasteiger partial charge in [0.05, 0.1) is 18.0 Å². The number of hydrogen-bond acceptors (Lipinski definition) is 5. The summed E-state index contributed by atoms with van der Waals surface area (Å²) in [5.41, 5.74) is 5.82. The van der Waals surface area contributed by atoms with Crippen molar-refractivity contribution in [3.63, 3.8) is 0 Å². The number of halogens is 2. The largest absolute Gasteiger partial charge is 0.486 e. The summed E-state index contributed by atoms with van der Waals surface area (Å²) in [6, 6.07) is 8.89. The van der Waals surface area contributed by atoms with Gasteiger partial charge in [-0.1, -0.05) is 0 Å². The van der Waals surface area contributed by atoms with Gasteiger partial charge in [0.25, 0.3) is 11.8 Å². The Balaban J connectivity index is 1.72. The minimum atomic E-state index is -3.11. The Morgan fingerprint density at radius 1 is 1.21 bits per heavy atom. The highest BCUT2D eigenvalue weighted by Gasteiger charge is 2.27. The average Bonchev–Trinajstić information content (AvgIpc) is 3.09. The molecule has 2 aromatic rings. The van der Waals surface area contributed by atoms with E-state index in [1.54, 1.807) is 12.1 Å². The maximum atomic E-state index is 13.1. The van der Waals surface area contributed by atoms with Crippen molar-refractivity contribution in [3.05, 3.63) is 35.2 Å². The first kappa shape index (κ1) is 16.7. The van der Waals surface area contributed by atoms with E-state index >= 15 is 0 Å². The number of alkyl halides is 2. The first-order valence-electron chi connectivity index (χ1n) is 7.34. The predicted molar refractivity (Wildman–Crippen MR) is 87.1 cm³/mol. The standard InChI is InChI=1S/C16H16F2N2O3S/c17-16(18,8-19)9-20-15(21)14-4-3-13(24-14)10-1-2-11-12(7-10)23-6-5-22-11/h1-4,7H,5-6,8-9,19H2,(H,20,21). The van der Waals surface area contributed by atoms with Crippen LogP contribution in [0.4, 0.5) is 8.78 Å². The van der Waals surface area contributed by atoms with Gasteiger partial charge in [-0.3, -0.25) is 4.79 Å². The molecule has 0 atom stereocenters. The minimum absolute atomic E-state index is 0.354. The molecule has 1 amide bonds. The molecule has 8 heteroatoms. The summed E-state index contributed by atoms with van der Waals surface area (Å²) in [7, 11) is 0. The molecule has 0 unspecified atom stereocenters. The van der Waals surface area contributed by atoms with Crippen LogP contribution in [0.25, 0.3) is 10.4 Å². The zero-order valence-electron chi connectivity index (χ0n) is 12.7. The summed E-state index contributed by atoms with van der Waals surface area (Å²) in [4.78, 5) is 13.2. The lowest BCUT2D eigenvalue weighted by Crippen LogP contribution is -2.41. The van der Waals surface area contributed by atoms with Gasteiger partial charge in [-0.2, -0.15) is 0 Å². The molecule has 0 spiro atoms. The van der Waals surface area contributed by atoms with Crippen LogP contribution in [0.2, 0.25) is 0 Å². The second kappa shape index (κ2) is 6.74. The molecular weight excluding hydrogens is 338 g/mol. The predicted octanol–water partition coefficient (Wildman–Crippen LogP) is 2.51. The van der Waals surface area contributed by atoms with Crippen LogP contribution in [0, 0.1) is 0 Å². The summed E-state index contributed by atoms with van der Waals surface area (Å²) in [6.07, 6.45) is 0. The summed E-state index contributed by atoms with van der Waals surface area (Å²) >= 11 is 1.22. The Morgan fingerprint density at radius 2 is 1.96 bits per heavy atom. The zero-order valence-corrected chi connectivity index (χ0v) is 13.5. The molecule has 1 aliphatic heterocycles. The number of thiophene rings is 1. The number of fused-ring (bicyclic) bond motifs is 1. The Kier molecular flexibility index (Phi) is 4.68. The number of nitrogens with two attached hydrogens (primary N) is 1. The van der Waals surface area contributed by atoms with E-state index in [1.807, 2.05) is 18.2 Å². The topological polar surface area (TPSA) is 73.6 Å². The van der Waals surface area contributed by atoms with Crippen LogP contribution >= 0.6 is 11.3 Å². The minimum Gasteiger partial charge on any atom is -0.486 e. The van der Waals surface area contributed by atoms with Crippen molar-refractivity contribution in [2.45, 2.75) is 5.92 Å². The van der Waals surface area contributed by atoms with Crippen LogP contribution in [-0.2, 0) is 0 Å². The molecule has 0 saturated heterocycles. The molecule has 24 heavy (non-hydrogen) atoms. The highest BCUT2D eigenvalue weighted by molar-refractivity contribution is 7.17. The van der Waals surface area contributed by atoms with Crippen molar-refractivity contribution in [1.29, 1.82) is 0 Å². The van der Waals surface area contributed by atoms with Crippen LogP contribution in [0.5, 0.6) is 11.5 Å². The highest BCUT2D eigenvalue weighted by Crippen LogP contribution is 2.36. The fourth-order valence-corrected chi connectivity index (χ4v) is 3.10. The molecule has 1 aliphatic rings. The van der Waals surface area contributed by atoms with E-state index < -0.39 is 24.9 Å². The second-order valence-corrected chi connectivity index (χ2v) is 6.35. The van der Waals surface area contributed by atoms with Crippen molar-refractivity contribution in [2.24, 2.45) is 5.73 Å². The summed E-state index contributed by atoms with van der Waals surface area (Å²) < 4.78 is 37.2. The molecule has 1 aromatic heterocycles. The van der Waals surface area contributed by atoms with E-state index in [2.05, 4.69) is 5.32 Å². The average molecular weight is 354 g/mol. The first-order valence-corrected chi connectivity index (χ1v) is 8.16. The van der Waals surface area contributed by atoms with Crippen LogP contribution in [0.3, 0.4) is 0 Å². The number of amides is 1. The normalized spacial score (nSPS) is 13.6. The van der Waals surface area contributed by atoms with Crippen LogP contribution in [0.15, 0.2) is 30.3 Å². The molecule has 3 rings (SSSR count). The molecule has 0 radical (unpaired) electrons. The van der Waals surface area contributed by atoms with Gasteiger partial charge in [0.15, 0.2) is 11.5 Å². The Bertz CT molecular complexity index is 749. The third-order valence-electron chi connectivity index (χ3n) is 3.46. The van der Waals surface area contributed by atoms with Crippen molar-refractivity contribution in [1.82, 2.24) is 5.32 Å². The summed E-state index contributed by atoms with van der Waals surface area (Å²) in [5, 5.41) is 2.20. The van der Waals surface area contributed by atoms with Gasteiger partial charge >= 0.3 is 0 Å². The number of benzene rings is 1. The lowest BCUT2D eigenvalue weighted by molar-refractivity contribution is 0.0119. The molecule has 5 nitrogen and oxygen atoms in total. The zero-order chi connectivity index (χ0) is 17.2. The third kappa shape index (κ3) is 3.65. The number of carbonyl (C=O) groups is 1. The van der Waals surface area contributed by atoms with Gasteiger partial charge in [-0.15, -0.1) is 11.3 Å². The Morgan fingerprint density at radius 3 is 2.71 bits per heavy atom. The van der Waals surface area contributed by atoms with Crippen molar-refractivity contribution in [3.8, 4) is 21.9 Å². The van der Waals surface area contributed by atoms with Gasteiger partial charge in [-0.05, 0) is 35.9 Å². The Labute approximate surface area is 141 Å². The van der Waals surface area contributed by atoms with Gasteiger partial charge in [-0.25, -0.2) is 8.78 Å². The van der Waals surface area contributed by atoms with Crippen LogP contribution in [0.1, 0.15) is 9.67 Å². The second-order valence-electron chi connectivity index (χ2n) is 5.27. The van der Waals surface area contributed by atoms with Gasteiger partial charge in [0.2, 0.25) is 0 Å². The molecular formula is C16H16F2N2O3S. The molecule has 2 heterocycles. The first-order chi connectivity index (χ1) is 11.5. The fraction of sp³-hybridized carbons (Fsp3) is 0.312. The van der Waals surface area contributed by atoms with Crippen LogP contribution < -0.4 is 20.5 Å². The number of hydrogen-bond donors (Lipinski definition) is 2. The maximum Gasteiger partial charge on any atom is 0.277 e. The maximum absolute atomic E-state index is 13.1. The van der Waals surface area contributed by atoms with E-state index in [0.717, 1.165) is 10.4 Å². The van der Waals surface area contributed by atoms with Crippen molar-refractivity contribution < 1.29 is 23.0 Å². The fourth-order valence-electron chi connectivity index (χ4n) is 2.18. The van der Waals surface area contributed by atoms with E-state index in [1.165, 1.54) is 11.3 Å². The smallest absolute Gasteiger partial charge is 0.277 e. The number of carbonyl (C=O) groups excluding carboxylic acids is 1. The van der Waals surface area contributed by atoms with Crippen molar-refractivity contribution in [2.75, 3.05) is 26.3 Å². The summed E-state index contributed by atoms with van der Waals surface area (Å²) in [5.74, 6) is -2.31. The third-order valence-corrected chi connectivity index (χ3v) is 4.60. The SMILES string of the molecule is NCC(F)(F)CNC(=O)c1ccc(-c2ccc3c(c2)OCCO3)s1. The van der Waals surface area contributed by atoms with Crippen molar-refractivity contribution >= 4 is 17.2 Å². The molecule has 0 aliphatic carbocycles. The summed E-state index contributed by atoms with van der Waals surface area (Å²) in [6.45, 7) is -0.577. The monoisotopic (exact) mass is 354 g/mol. The number of rotatable bonds is 5. The van der Waals surface area contributed by atoms with E-state index in [-0.39, 0.29) is 0 Å². The lowest BCUT2D eigenvalue weighted by atomic mass is 10.1. The molecule has 1 aromatic carbocycles. The van der Waals surface area contributed by atoms with Gasteiger partial charge < -0.3 is 20.5 Å². The van der Waals surface area contributed by atoms with Gasteiger partial charge in [0.1, 0.15) is 13.2 Å². The van der Waals surface area contributed by atoms with Gasteiger partial charge in [0, 0.05) is 4.88 Å². The van der Waals surface area contributed by atoms with E-state index in [9.17, 15) is 13.6 Å². The molecule has 0 fully saturated rings. The number of ether oxygens (including phenoxy) is 2. The van der Waals surface area contributed by atoms with E-state index in [0.29, 0.717) is 29.6 Å². The molecule has 128 valence electrons. The number of nitrogens with one attached hydrogen (secondary N) is 1. The molecule has 0 saturated carbocycles. The lowest BCUT2D eigenvalue weighted by Gasteiger charge is -2.18. The quantitative estimate of drug-likeness (QED) is 0.865. The highest BCUT2D eigenvalue weighted by atomic mass is 32.1. The van der Waals surface area contributed by atoms with Crippen LogP contribution in [-0.4, -0.2) is 38.1 Å². The van der Waals surface area contributed by atoms with E-state index in [4.69, 9.17) is 15.2 Å². The Hall–Kier alpha value is -2.19.